The molecule has 5 nitrogen and oxygen atoms in total. The Morgan fingerprint density at radius 2 is 1.88 bits per heavy atom. The van der Waals surface area contributed by atoms with Crippen LogP contribution in [-0.2, 0) is 4.79 Å². The van der Waals surface area contributed by atoms with Crippen molar-refractivity contribution >= 4 is 40.0 Å². The van der Waals surface area contributed by atoms with Crippen LogP contribution < -0.4 is 10.7 Å². The molecular weight excluding hydrogens is 389 g/mol. The normalized spacial score (nSPS) is 11.4. The Hall–Kier alpha value is -2.80. The zero-order valence-electron chi connectivity index (χ0n) is 13.1. The number of nitrogens with one attached hydrogen (secondary N) is 2. The van der Waals surface area contributed by atoms with Gasteiger partial charge < -0.3 is 5.32 Å². The topological polar surface area (TPSA) is 70.6 Å². The number of carbonyl (C=O) groups excluding carboxylic acids is 2. The minimum atomic E-state index is -0.538. The Balaban J connectivity index is 1.78. The monoisotopic (exact) mass is 403 g/mol. The number of rotatable bonds is 6. The second-order valence-electron chi connectivity index (χ2n) is 4.93. The van der Waals surface area contributed by atoms with Crippen LogP contribution >= 0.6 is 15.9 Å². The molecule has 0 fully saturated rings. The molecule has 2 aromatic rings. The van der Waals surface area contributed by atoms with Crippen molar-refractivity contribution in [3.05, 3.63) is 76.0 Å². The largest absolute Gasteiger partial charge is 0.343 e. The van der Waals surface area contributed by atoms with Crippen LogP contribution in [-0.4, -0.2) is 24.6 Å². The molecule has 0 aliphatic rings. The van der Waals surface area contributed by atoms with E-state index in [1.807, 2.05) is 36.4 Å². The molecule has 25 heavy (non-hydrogen) atoms. The predicted molar refractivity (Wildman–Crippen MR) is 98.7 cm³/mol. The molecule has 0 atom stereocenters. The maximum Gasteiger partial charge on any atom is 0.259 e. The van der Waals surface area contributed by atoms with E-state index in [0.717, 1.165) is 11.6 Å². The molecular formula is C18H15BrFN3O2. The van der Waals surface area contributed by atoms with E-state index >= 15 is 0 Å². The van der Waals surface area contributed by atoms with Crippen LogP contribution in [0.25, 0.3) is 6.08 Å². The van der Waals surface area contributed by atoms with Gasteiger partial charge in [0.05, 0.1) is 12.8 Å². The highest BCUT2D eigenvalue weighted by Crippen LogP contribution is 2.09. The minimum Gasteiger partial charge on any atom is -0.343 e. The zero-order chi connectivity index (χ0) is 18.1. The lowest BCUT2D eigenvalue weighted by Gasteiger charge is -2.04. The lowest BCUT2D eigenvalue weighted by Crippen LogP contribution is -2.34. The fourth-order valence-corrected chi connectivity index (χ4v) is 2.21. The second-order valence-corrected chi connectivity index (χ2v) is 5.84. The first-order valence-corrected chi connectivity index (χ1v) is 8.12. The van der Waals surface area contributed by atoms with Gasteiger partial charge in [-0.05, 0) is 45.8 Å². The van der Waals surface area contributed by atoms with Gasteiger partial charge in [-0.3, -0.25) is 9.59 Å². The molecule has 0 spiro atoms. The third-order valence-corrected chi connectivity index (χ3v) is 3.41. The van der Waals surface area contributed by atoms with Gasteiger partial charge >= 0.3 is 0 Å². The van der Waals surface area contributed by atoms with Gasteiger partial charge in [0.1, 0.15) is 5.82 Å². The first-order valence-electron chi connectivity index (χ1n) is 7.32. The smallest absolute Gasteiger partial charge is 0.259 e. The fourth-order valence-electron chi connectivity index (χ4n) is 1.84. The summed E-state index contributed by atoms with van der Waals surface area (Å²) < 4.78 is 13.7. The summed E-state index contributed by atoms with van der Waals surface area (Å²) in [6.07, 6.45) is 3.26. The van der Waals surface area contributed by atoms with Crippen LogP contribution in [0.3, 0.4) is 0 Å². The van der Waals surface area contributed by atoms with Crippen molar-refractivity contribution in [2.24, 2.45) is 5.10 Å². The van der Waals surface area contributed by atoms with Gasteiger partial charge in [-0.15, -0.1) is 0 Å². The summed E-state index contributed by atoms with van der Waals surface area (Å²) in [5, 5.41) is 6.17. The number of allylic oxidation sites excluding steroid dienone is 1. The average Bonchev–Trinajstić information content (AvgIpc) is 2.60. The number of hydrogen-bond donors (Lipinski definition) is 2. The van der Waals surface area contributed by atoms with Gasteiger partial charge in [0.2, 0.25) is 0 Å². The Bertz CT molecular complexity index is 807. The van der Waals surface area contributed by atoms with Crippen molar-refractivity contribution < 1.29 is 14.0 Å². The van der Waals surface area contributed by atoms with Gasteiger partial charge in [-0.1, -0.05) is 36.4 Å². The standard InChI is InChI=1S/C18H15BrFN3O2/c19-15(9-13-5-2-1-3-6-13)11-22-23-17(24)12-21-18(25)14-7-4-8-16(20)10-14/h1-11H,12H2,(H,21,25)(H,23,24)/b15-9-,22-11+. The molecule has 7 heteroatoms. The van der Waals surface area contributed by atoms with Crippen molar-refractivity contribution in [3.63, 3.8) is 0 Å². The molecule has 0 saturated carbocycles. The Morgan fingerprint density at radius 3 is 2.60 bits per heavy atom. The SMILES string of the molecule is O=C(CNC(=O)c1cccc(F)c1)N/N=C/C(Br)=C/c1ccccc1. The maximum atomic E-state index is 13.0. The van der Waals surface area contributed by atoms with Crippen molar-refractivity contribution in [3.8, 4) is 0 Å². The number of nitrogens with zero attached hydrogens (tertiary/aromatic N) is 1. The van der Waals surface area contributed by atoms with Crippen LogP contribution in [0.5, 0.6) is 0 Å². The van der Waals surface area contributed by atoms with Gasteiger partial charge in [0.15, 0.2) is 0 Å². The van der Waals surface area contributed by atoms with Gasteiger partial charge in [-0.25, -0.2) is 9.82 Å². The number of amides is 2. The predicted octanol–water partition coefficient (Wildman–Crippen LogP) is 3.09. The number of carbonyl (C=O) groups is 2. The van der Waals surface area contributed by atoms with Crippen molar-refractivity contribution in [1.82, 2.24) is 10.7 Å². The lowest BCUT2D eigenvalue weighted by molar-refractivity contribution is -0.120. The van der Waals surface area contributed by atoms with E-state index in [1.54, 1.807) is 0 Å². The van der Waals surface area contributed by atoms with E-state index in [2.05, 4.69) is 31.8 Å². The maximum absolute atomic E-state index is 13.0. The number of hydrogen-bond acceptors (Lipinski definition) is 3. The number of benzene rings is 2. The summed E-state index contributed by atoms with van der Waals surface area (Å²) in [5.41, 5.74) is 3.41. The van der Waals surface area contributed by atoms with Gasteiger partial charge in [0.25, 0.3) is 11.8 Å². The third-order valence-electron chi connectivity index (χ3n) is 2.98. The highest BCUT2D eigenvalue weighted by atomic mass is 79.9. The third kappa shape index (κ3) is 6.68. The van der Waals surface area contributed by atoms with E-state index in [0.29, 0.717) is 4.48 Å². The molecule has 2 rings (SSSR count). The highest BCUT2D eigenvalue weighted by Gasteiger charge is 2.08. The van der Waals surface area contributed by atoms with Crippen LogP contribution in [0, 0.1) is 5.82 Å². The molecule has 0 aliphatic heterocycles. The highest BCUT2D eigenvalue weighted by molar-refractivity contribution is 9.12. The molecule has 0 radical (unpaired) electrons. The molecule has 128 valence electrons. The quantitative estimate of drug-likeness (QED) is 0.574. The molecule has 2 aromatic carbocycles. The summed E-state index contributed by atoms with van der Waals surface area (Å²) in [6.45, 7) is -0.271. The van der Waals surface area contributed by atoms with E-state index in [9.17, 15) is 14.0 Å². The molecule has 0 unspecified atom stereocenters. The minimum absolute atomic E-state index is 0.143. The number of halogens is 2. The molecule has 0 aromatic heterocycles. The summed E-state index contributed by atoms with van der Waals surface area (Å²) >= 11 is 3.32. The lowest BCUT2D eigenvalue weighted by atomic mass is 10.2. The van der Waals surface area contributed by atoms with Crippen LogP contribution in [0.4, 0.5) is 4.39 Å². The van der Waals surface area contributed by atoms with Crippen molar-refractivity contribution in [2.45, 2.75) is 0 Å². The summed E-state index contributed by atoms with van der Waals surface area (Å²) in [6, 6.07) is 14.8. The van der Waals surface area contributed by atoms with Crippen molar-refractivity contribution in [1.29, 1.82) is 0 Å². The summed E-state index contributed by atoms with van der Waals surface area (Å²) in [5.74, 6) is -1.55. The zero-order valence-corrected chi connectivity index (χ0v) is 14.7. The first-order chi connectivity index (χ1) is 12.0. The summed E-state index contributed by atoms with van der Waals surface area (Å²) in [4.78, 5) is 23.4. The average molecular weight is 404 g/mol. The van der Waals surface area contributed by atoms with E-state index in [-0.39, 0.29) is 12.1 Å². The molecule has 2 amide bonds. The van der Waals surface area contributed by atoms with E-state index in [1.165, 1.54) is 24.4 Å². The van der Waals surface area contributed by atoms with Gasteiger partial charge in [0, 0.05) is 10.0 Å². The molecule has 0 bridgehead atoms. The second kappa shape index (κ2) is 9.48. The van der Waals surface area contributed by atoms with Crippen molar-refractivity contribution in [2.75, 3.05) is 6.54 Å². The van der Waals surface area contributed by atoms with Crippen LogP contribution in [0.15, 0.2) is 64.2 Å². The summed E-state index contributed by atoms with van der Waals surface area (Å²) in [7, 11) is 0. The van der Waals surface area contributed by atoms with Crippen LogP contribution in [0.1, 0.15) is 15.9 Å². The van der Waals surface area contributed by atoms with Gasteiger partial charge in [-0.2, -0.15) is 5.10 Å². The number of hydrazone groups is 1. The van der Waals surface area contributed by atoms with Crippen LogP contribution in [0.2, 0.25) is 0 Å². The molecule has 0 heterocycles. The van der Waals surface area contributed by atoms with E-state index < -0.39 is 17.6 Å². The van der Waals surface area contributed by atoms with E-state index in [4.69, 9.17) is 0 Å². The first kappa shape index (κ1) is 18.5. The molecule has 0 aliphatic carbocycles. The Morgan fingerprint density at radius 1 is 1.12 bits per heavy atom. The Labute approximate surface area is 152 Å². The molecule has 0 saturated heterocycles. The molecule has 2 N–H and O–H groups in total. The fraction of sp³-hybridized carbons (Fsp3) is 0.0556. The Kier molecular flexibility index (Phi) is 7.03.